The van der Waals surface area contributed by atoms with Crippen LogP contribution in [0.25, 0.3) is 0 Å². The van der Waals surface area contributed by atoms with Crippen molar-refractivity contribution in [2.45, 2.75) is 32.4 Å². The van der Waals surface area contributed by atoms with Gasteiger partial charge in [0.25, 0.3) is 5.56 Å². The molecule has 4 nitrogen and oxygen atoms in total. The summed E-state index contributed by atoms with van der Waals surface area (Å²) >= 11 is 0. The normalized spacial score (nSPS) is 15.4. The molecular weight excluding hydrogens is 360 g/mol. The summed E-state index contributed by atoms with van der Waals surface area (Å²) in [6, 6.07) is 22.4. The highest BCUT2D eigenvalue weighted by atomic mass is 16.3. The first kappa shape index (κ1) is 19.5. The topological polar surface area (TPSA) is 45.5 Å². The highest BCUT2D eigenvalue weighted by Gasteiger charge is 2.21. The van der Waals surface area contributed by atoms with Gasteiger partial charge in [-0.3, -0.25) is 9.69 Å². The molecule has 1 N–H and O–H groups in total. The molecule has 1 aromatic heterocycles. The maximum Gasteiger partial charge on any atom is 0.293 e. The quantitative estimate of drug-likeness (QED) is 0.693. The zero-order valence-electron chi connectivity index (χ0n) is 16.7. The Labute approximate surface area is 172 Å². The zero-order chi connectivity index (χ0) is 20.1. The Morgan fingerprint density at radius 2 is 1.45 bits per heavy atom. The summed E-state index contributed by atoms with van der Waals surface area (Å²) in [5.41, 5.74) is 2.86. The summed E-state index contributed by atoms with van der Waals surface area (Å²) in [5, 5.41) is 10.5. The smallest absolute Gasteiger partial charge is 0.293 e. The van der Waals surface area contributed by atoms with Crippen molar-refractivity contribution in [2.75, 3.05) is 13.1 Å². The van der Waals surface area contributed by atoms with Crippen LogP contribution in [-0.2, 0) is 19.5 Å². The standard InChI is InChI=1S/C25H28N2O2/c28-24-23(13-16-27(25(24)29)18-22-9-5-2-6-10-22)19-26-14-11-21(12-15-26)17-20-7-3-1-4-8-20/h1-10,13,16,21,28H,11-12,14-15,17-19H2. The molecular formula is C25H28N2O2. The predicted octanol–water partition coefficient (Wildman–Crippen LogP) is 4.06. The fourth-order valence-electron chi connectivity index (χ4n) is 4.17. The van der Waals surface area contributed by atoms with Gasteiger partial charge in [-0.25, -0.2) is 0 Å². The number of hydrogen-bond acceptors (Lipinski definition) is 3. The number of piperidine rings is 1. The van der Waals surface area contributed by atoms with Crippen molar-refractivity contribution < 1.29 is 5.11 Å². The van der Waals surface area contributed by atoms with E-state index in [9.17, 15) is 9.90 Å². The van der Waals surface area contributed by atoms with Crippen LogP contribution in [0.4, 0.5) is 0 Å². The second-order valence-corrected chi connectivity index (χ2v) is 8.02. The number of rotatable bonds is 6. The third-order valence-corrected chi connectivity index (χ3v) is 5.89. The summed E-state index contributed by atoms with van der Waals surface area (Å²) in [6.45, 7) is 3.11. The number of aromatic hydroxyl groups is 1. The van der Waals surface area contributed by atoms with Gasteiger partial charge >= 0.3 is 0 Å². The Morgan fingerprint density at radius 3 is 2.10 bits per heavy atom. The van der Waals surface area contributed by atoms with Gasteiger partial charge in [0.15, 0.2) is 5.75 Å². The zero-order valence-corrected chi connectivity index (χ0v) is 16.7. The minimum absolute atomic E-state index is 0.116. The van der Waals surface area contributed by atoms with E-state index in [2.05, 4.69) is 35.2 Å². The Balaban J connectivity index is 1.35. The average molecular weight is 389 g/mol. The van der Waals surface area contributed by atoms with Crippen LogP contribution in [-0.4, -0.2) is 27.7 Å². The van der Waals surface area contributed by atoms with Gasteiger partial charge in [-0.1, -0.05) is 60.7 Å². The van der Waals surface area contributed by atoms with Crippen LogP contribution in [0.2, 0.25) is 0 Å². The lowest BCUT2D eigenvalue weighted by Crippen LogP contribution is -2.34. The van der Waals surface area contributed by atoms with Crippen LogP contribution in [0.1, 0.15) is 29.5 Å². The average Bonchev–Trinajstić information content (AvgIpc) is 2.76. The Bertz CT molecular complexity index is 975. The van der Waals surface area contributed by atoms with Gasteiger partial charge in [-0.2, -0.15) is 0 Å². The minimum Gasteiger partial charge on any atom is -0.503 e. The molecule has 0 saturated carbocycles. The maximum atomic E-state index is 12.6. The molecule has 0 aliphatic carbocycles. The van der Waals surface area contributed by atoms with Gasteiger partial charge in [-0.05, 0) is 55.5 Å². The van der Waals surface area contributed by atoms with Gasteiger partial charge in [0.1, 0.15) is 0 Å². The second-order valence-electron chi connectivity index (χ2n) is 8.02. The van der Waals surface area contributed by atoms with Crippen LogP contribution in [0.3, 0.4) is 0 Å². The summed E-state index contributed by atoms with van der Waals surface area (Å²) in [5.74, 6) is 0.593. The molecule has 1 fully saturated rings. The largest absolute Gasteiger partial charge is 0.503 e. The number of nitrogens with zero attached hydrogens (tertiary/aromatic N) is 2. The molecule has 1 saturated heterocycles. The monoisotopic (exact) mass is 388 g/mol. The number of pyridine rings is 1. The van der Waals surface area contributed by atoms with Crippen molar-refractivity contribution in [3.8, 4) is 5.75 Å². The molecule has 2 aromatic carbocycles. The van der Waals surface area contributed by atoms with Crippen molar-refractivity contribution >= 4 is 0 Å². The summed E-state index contributed by atoms with van der Waals surface area (Å²) in [6.07, 6.45) is 5.24. The molecule has 4 rings (SSSR count). The van der Waals surface area contributed by atoms with Gasteiger partial charge < -0.3 is 9.67 Å². The molecule has 0 amide bonds. The van der Waals surface area contributed by atoms with E-state index in [4.69, 9.17) is 0 Å². The molecule has 1 aliphatic rings. The third kappa shape index (κ3) is 4.96. The first-order chi connectivity index (χ1) is 14.2. The molecule has 0 atom stereocenters. The molecule has 0 unspecified atom stereocenters. The molecule has 29 heavy (non-hydrogen) atoms. The molecule has 4 heteroatoms. The van der Waals surface area contributed by atoms with E-state index in [0.29, 0.717) is 19.0 Å². The maximum absolute atomic E-state index is 12.6. The second kappa shape index (κ2) is 9.10. The molecule has 0 bridgehead atoms. The van der Waals surface area contributed by atoms with E-state index < -0.39 is 0 Å². The lowest BCUT2D eigenvalue weighted by molar-refractivity contribution is 0.175. The Morgan fingerprint density at radius 1 is 0.828 bits per heavy atom. The van der Waals surface area contributed by atoms with Crippen LogP contribution in [0.15, 0.2) is 77.7 Å². The van der Waals surface area contributed by atoms with E-state index >= 15 is 0 Å². The molecule has 3 aromatic rings. The third-order valence-electron chi connectivity index (χ3n) is 5.89. The molecule has 150 valence electrons. The van der Waals surface area contributed by atoms with Crippen LogP contribution >= 0.6 is 0 Å². The SMILES string of the molecule is O=c1c(O)c(CN2CCC(Cc3ccccc3)CC2)ccn1Cc1ccccc1. The lowest BCUT2D eigenvalue weighted by Gasteiger charge is -2.32. The molecule has 0 radical (unpaired) electrons. The predicted molar refractivity (Wildman–Crippen MR) is 116 cm³/mol. The van der Waals surface area contributed by atoms with Crippen LogP contribution in [0.5, 0.6) is 5.75 Å². The van der Waals surface area contributed by atoms with E-state index in [1.807, 2.05) is 36.4 Å². The molecule has 2 heterocycles. The minimum atomic E-state index is -0.315. The molecule has 0 spiro atoms. The van der Waals surface area contributed by atoms with Gasteiger partial charge in [-0.15, -0.1) is 0 Å². The van der Waals surface area contributed by atoms with Crippen molar-refractivity contribution in [2.24, 2.45) is 5.92 Å². The fourth-order valence-corrected chi connectivity index (χ4v) is 4.17. The first-order valence-corrected chi connectivity index (χ1v) is 10.4. The van der Waals surface area contributed by atoms with Crippen LogP contribution < -0.4 is 5.56 Å². The Hall–Kier alpha value is -2.85. The van der Waals surface area contributed by atoms with Gasteiger partial charge in [0.05, 0.1) is 6.54 Å². The molecule has 1 aliphatic heterocycles. The van der Waals surface area contributed by atoms with Crippen molar-refractivity contribution in [1.82, 2.24) is 9.47 Å². The fraction of sp³-hybridized carbons (Fsp3) is 0.320. The number of hydrogen-bond donors (Lipinski definition) is 1. The van der Waals surface area contributed by atoms with Crippen molar-refractivity contribution in [3.05, 3.63) is 100.0 Å². The van der Waals surface area contributed by atoms with Gasteiger partial charge in [0.2, 0.25) is 0 Å². The highest BCUT2D eigenvalue weighted by molar-refractivity contribution is 5.30. The van der Waals surface area contributed by atoms with E-state index in [1.54, 1.807) is 10.8 Å². The summed E-state index contributed by atoms with van der Waals surface area (Å²) in [7, 11) is 0. The van der Waals surface area contributed by atoms with E-state index in [1.165, 1.54) is 5.56 Å². The lowest BCUT2D eigenvalue weighted by atomic mass is 9.90. The highest BCUT2D eigenvalue weighted by Crippen LogP contribution is 2.24. The van der Waals surface area contributed by atoms with E-state index in [0.717, 1.165) is 43.5 Å². The van der Waals surface area contributed by atoms with Crippen molar-refractivity contribution in [1.29, 1.82) is 0 Å². The Kier molecular flexibility index (Phi) is 6.11. The number of aromatic nitrogens is 1. The number of benzene rings is 2. The van der Waals surface area contributed by atoms with E-state index in [-0.39, 0.29) is 11.3 Å². The van der Waals surface area contributed by atoms with Gasteiger partial charge in [0, 0.05) is 18.3 Å². The summed E-state index contributed by atoms with van der Waals surface area (Å²) in [4.78, 5) is 14.9. The van der Waals surface area contributed by atoms with Crippen molar-refractivity contribution in [3.63, 3.8) is 0 Å². The van der Waals surface area contributed by atoms with Crippen LogP contribution in [0, 0.1) is 5.92 Å². The summed E-state index contributed by atoms with van der Waals surface area (Å²) < 4.78 is 1.57. The first-order valence-electron chi connectivity index (χ1n) is 10.4. The number of likely N-dealkylation sites (tertiary alicyclic amines) is 1.